The molecule has 0 atom stereocenters. The highest BCUT2D eigenvalue weighted by Crippen LogP contribution is 2.35. The van der Waals surface area contributed by atoms with Crippen molar-refractivity contribution < 1.29 is 9.53 Å². The number of para-hydroxylation sites is 1. The van der Waals surface area contributed by atoms with Crippen molar-refractivity contribution >= 4 is 5.91 Å². The Morgan fingerprint density at radius 2 is 1.96 bits per heavy atom. The fourth-order valence-electron chi connectivity index (χ4n) is 3.42. The number of hydrogen-bond acceptors (Lipinski definition) is 4. The molecular formula is C19H24N4O2. The first-order valence-corrected chi connectivity index (χ1v) is 9.23. The topological polar surface area (TPSA) is 69.0 Å². The van der Waals surface area contributed by atoms with E-state index in [0.717, 1.165) is 31.5 Å². The van der Waals surface area contributed by atoms with Crippen LogP contribution in [0.5, 0.6) is 5.75 Å². The van der Waals surface area contributed by atoms with Gasteiger partial charge < -0.3 is 14.6 Å². The van der Waals surface area contributed by atoms with Crippen LogP contribution >= 0.6 is 0 Å². The lowest BCUT2D eigenvalue weighted by molar-refractivity contribution is 0.0937. The van der Waals surface area contributed by atoms with Gasteiger partial charge >= 0.3 is 0 Å². The van der Waals surface area contributed by atoms with E-state index in [2.05, 4.69) is 20.1 Å². The minimum atomic E-state index is -0.128. The van der Waals surface area contributed by atoms with Gasteiger partial charge in [0, 0.05) is 6.04 Å². The second kappa shape index (κ2) is 7.25. The Bertz CT molecular complexity index is 733. The van der Waals surface area contributed by atoms with Crippen molar-refractivity contribution in [1.82, 2.24) is 20.1 Å². The van der Waals surface area contributed by atoms with E-state index in [1.165, 1.54) is 19.3 Å². The second-order valence-electron chi connectivity index (χ2n) is 6.94. The van der Waals surface area contributed by atoms with Gasteiger partial charge in [-0.2, -0.15) is 0 Å². The molecule has 1 aromatic carbocycles. The molecule has 2 fully saturated rings. The highest BCUT2D eigenvalue weighted by atomic mass is 16.5. The summed E-state index contributed by atoms with van der Waals surface area (Å²) in [4.78, 5) is 12.7. The molecule has 0 unspecified atom stereocenters. The molecule has 4 rings (SSSR count). The molecule has 1 heterocycles. The van der Waals surface area contributed by atoms with Gasteiger partial charge in [-0.3, -0.25) is 4.79 Å². The van der Waals surface area contributed by atoms with Crippen molar-refractivity contribution in [3.63, 3.8) is 0 Å². The average molecular weight is 340 g/mol. The maximum absolute atomic E-state index is 12.7. The summed E-state index contributed by atoms with van der Waals surface area (Å²) in [5.41, 5.74) is 0.588. The summed E-state index contributed by atoms with van der Waals surface area (Å²) in [6.45, 7) is 0.382. The summed E-state index contributed by atoms with van der Waals surface area (Å²) < 4.78 is 8.18. The normalized spacial score (nSPS) is 18.1. The molecule has 25 heavy (non-hydrogen) atoms. The Kier molecular flexibility index (Phi) is 4.68. The van der Waals surface area contributed by atoms with E-state index < -0.39 is 0 Å². The lowest BCUT2D eigenvalue weighted by Crippen LogP contribution is -2.26. The average Bonchev–Trinajstić information content (AvgIpc) is 3.39. The van der Waals surface area contributed by atoms with Crippen LogP contribution < -0.4 is 10.1 Å². The zero-order valence-electron chi connectivity index (χ0n) is 14.4. The van der Waals surface area contributed by atoms with Crippen molar-refractivity contribution in [2.45, 2.75) is 63.6 Å². The lowest BCUT2D eigenvalue weighted by Gasteiger charge is -2.24. The van der Waals surface area contributed by atoms with E-state index in [1.807, 2.05) is 24.3 Å². The summed E-state index contributed by atoms with van der Waals surface area (Å²) in [6, 6.07) is 7.99. The molecule has 6 heteroatoms. The molecule has 0 bridgehead atoms. The van der Waals surface area contributed by atoms with Crippen molar-refractivity contribution in [2.75, 3.05) is 0 Å². The van der Waals surface area contributed by atoms with E-state index in [0.29, 0.717) is 23.9 Å². The molecule has 1 N–H and O–H groups in total. The van der Waals surface area contributed by atoms with Crippen LogP contribution in [0.3, 0.4) is 0 Å². The summed E-state index contributed by atoms with van der Waals surface area (Å²) in [6.07, 6.45) is 10.1. The van der Waals surface area contributed by atoms with Gasteiger partial charge in [0.25, 0.3) is 5.91 Å². The van der Waals surface area contributed by atoms with Crippen molar-refractivity contribution in [2.24, 2.45) is 0 Å². The van der Waals surface area contributed by atoms with Gasteiger partial charge in [-0.15, -0.1) is 10.2 Å². The molecule has 0 aliphatic heterocycles. The number of nitrogens with zero attached hydrogens (tertiary/aromatic N) is 3. The summed E-state index contributed by atoms with van der Waals surface area (Å²) >= 11 is 0. The number of ether oxygens (including phenoxy) is 1. The zero-order valence-corrected chi connectivity index (χ0v) is 14.4. The molecule has 132 valence electrons. The van der Waals surface area contributed by atoms with Gasteiger partial charge in [0.05, 0.1) is 18.2 Å². The Labute approximate surface area is 147 Å². The fourth-order valence-corrected chi connectivity index (χ4v) is 3.42. The Balaban J connectivity index is 1.41. The van der Waals surface area contributed by atoms with Crippen LogP contribution in [0.2, 0.25) is 0 Å². The number of aromatic nitrogens is 3. The third kappa shape index (κ3) is 3.83. The first kappa shape index (κ1) is 16.1. The highest BCUT2D eigenvalue weighted by molar-refractivity contribution is 5.96. The standard InChI is InChI=1S/C19H24N4O2/c24-19(20-12-18-22-21-13-23(18)14-10-11-14)16-8-4-5-9-17(16)25-15-6-2-1-3-7-15/h4-5,8-9,13-15H,1-3,6-7,10-12H2,(H,20,24). The molecule has 6 nitrogen and oxygen atoms in total. The molecular weight excluding hydrogens is 316 g/mol. The van der Waals surface area contributed by atoms with E-state index >= 15 is 0 Å². The van der Waals surface area contributed by atoms with Crippen LogP contribution in [0, 0.1) is 0 Å². The summed E-state index contributed by atoms with van der Waals surface area (Å²) in [7, 11) is 0. The number of carbonyl (C=O) groups excluding carboxylic acids is 1. The molecule has 0 saturated heterocycles. The van der Waals surface area contributed by atoms with E-state index in [-0.39, 0.29) is 12.0 Å². The predicted octanol–water partition coefficient (Wildman–Crippen LogP) is 3.25. The number of rotatable bonds is 6. The molecule has 2 aromatic rings. The number of benzene rings is 1. The van der Waals surface area contributed by atoms with Gasteiger partial charge in [-0.1, -0.05) is 18.6 Å². The maximum Gasteiger partial charge on any atom is 0.255 e. The van der Waals surface area contributed by atoms with Gasteiger partial charge in [-0.25, -0.2) is 0 Å². The summed E-state index contributed by atoms with van der Waals surface area (Å²) in [5.74, 6) is 1.36. The third-order valence-corrected chi connectivity index (χ3v) is 4.97. The Morgan fingerprint density at radius 3 is 2.76 bits per heavy atom. The van der Waals surface area contributed by atoms with Gasteiger partial charge in [0.15, 0.2) is 5.82 Å². The number of carbonyl (C=O) groups is 1. The first-order valence-electron chi connectivity index (χ1n) is 9.23. The van der Waals surface area contributed by atoms with E-state index in [1.54, 1.807) is 6.33 Å². The highest BCUT2D eigenvalue weighted by Gasteiger charge is 2.26. The monoisotopic (exact) mass is 340 g/mol. The van der Waals surface area contributed by atoms with Crippen LogP contribution in [0.1, 0.15) is 67.2 Å². The van der Waals surface area contributed by atoms with E-state index in [4.69, 9.17) is 4.74 Å². The van der Waals surface area contributed by atoms with Crippen LogP contribution in [0.15, 0.2) is 30.6 Å². The Hall–Kier alpha value is -2.37. The second-order valence-corrected chi connectivity index (χ2v) is 6.94. The first-order chi connectivity index (χ1) is 12.3. The van der Waals surface area contributed by atoms with Crippen LogP contribution in [0.25, 0.3) is 0 Å². The minimum Gasteiger partial charge on any atom is -0.490 e. The lowest BCUT2D eigenvalue weighted by atomic mass is 9.97. The largest absolute Gasteiger partial charge is 0.490 e. The predicted molar refractivity (Wildman–Crippen MR) is 93.4 cm³/mol. The SMILES string of the molecule is O=C(NCc1nncn1C1CC1)c1ccccc1OC1CCCCC1. The van der Waals surface area contributed by atoms with Gasteiger partial charge in [-0.05, 0) is 50.7 Å². The van der Waals surface area contributed by atoms with Crippen LogP contribution in [0.4, 0.5) is 0 Å². The number of amides is 1. The molecule has 1 aromatic heterocycles. The molecule has 2 aliphatic rings. The van der Waals surface area contributed by atoms with Gasteiger partial charge in [0.1, 0.15) is 12.1 Å². The fraction of sp³-hybridized carbons (Fsp3) is 0.526. The number of nitrogens with one attached hydrogen (secondary N) is 1. The molecule has 0 spiro atoms. The van der Waals surface area contributed by atoms with Crippen molar-refractivity contribution in [1.29, 1.82) is 0 Å². The summed E-state index contributed by atoms with van der Waals surface area (Å²) in [5, 5.41) is 11.1. The smallest absolute Gasteiger partial charge is 0.255 e. The molecule has 0 radical (unpaired) electrons. The quantitative estimate of drug-likeness (QED) is 0.876. The van der Waals surface area contributed by atoms with E-state index in [9.17, 15) is 4.79 Å². The minimum absolute atomic E-state index is 0.128. The zero-order chi connectivity index (χ0) is 17.1. The molecule has 2 saturated carbocycles. The van der Waals surface area contributed by atoms with Crippen LogP contribution in [-0.4, -0.2) is 26.8 Å². The molecule has 2 aliphatic carbocycles. The van der Waals surface area contributed by atoms with Crippen molar-refractivity contribution in [3.8, 4) is 5.75 Å². The van der Waals surface area contributed by atoms with Crippen molar-refractivity contribution in [3.05, 3.63) is 42.0 Å². The van der Waals surface area contributed by atoms with Crippen LogP contribution in [-0.2, 0) is 6.54 Å². The van der Waals surface area contributed by atoms with Gasteiger partial charge in [0.2, 0.25) is 0 Å². The Morgan fingerprint density at radius 1 is 1.16 bits per heavy atom. The number of hydrogen-bond donors (Lipinski definition) is 1. The third-order valence-electron chi connectivity index (χ3n) is 4.97. The molecule has 1 amide bonds. The maximum atomic E-state index is 12.7.